The molecule has 1 aromatic heterocycles. The predicted molar refractivity (Wildman–Crippen MR) is 89.9 cm³/mol. The van der Waals surface area contributed by atoms with Crippen molar-refractivity contribution in [1.82, 2.24) is 15.0 Å². The maximum absolute atomic E-state index is 11.6. The number of carbonyl (C=O) groups is 1. The molecule has 1 fully saturated rings. The molecule has 2 aromatic carbocycles. The van der Waals surface area contributed by atoms with Crippen molar-refractivity contribution in [2.75, 3.05) is 13.7 Å². The van der Waals surface area contributed by atoms with Crippen molar-refractivity contribution in [3.05, 3.63) is 48.0 Å². The van der Waals surface area contributed by atoms with E-state index < -0.39 is 18.0 Å². The smallest absolute Gasteiger partial charge is 0.312 e. The third-order valence-corrected chi connectivity index (χ3v) is 4.97. The largest absolute Gasteiger partial charge is 0.497 e. The van der Waals surface area contributed by atoms with Gasteiger partial charge in [0.1, 0.15) is 11.3 Å². The molecule has 1 aliphatic rings. The Hall–Kier alpha value is -2.93. The van der Waals surface area contributed by atoms with Crippen molar-refractivity contribution < 1.29 is 19.7 Å². The number of aliphatic hydroxyl groups is 1. The number of aliphatic carboxylic acids is 1. The Morgan fingerprint density at radius 3 is 2.84 bits per heavy atom. The molecule has 2 N–H and O–H groups in total. The van der Waals surface area contributed by atoms with E-state index in [1.165, 1.54) is 0 Å². The zero-order valence-corrected chi connectivity index (χ0v) is 13.6. The summed E-state index contributed by atoms with van der Waals surface area (Å²) < 4.78 is 7.00. The van der Waals surface area contributed by atoms with Gasteiger partial charge in [-0.2, -0.15) is 0 Å². The zero-order valence-electron chi connectivity index (χ0n) is 13.6. The van der Waals surface area contributed by atoms with Gasteiger partial charge in [-0.25, -0.2) is 4.68 Å². The van der Waals surface area contributed by atoms with Crippen molar-refractivity contribution in [3.8, 4) is 11.4 Å². The first kappa shape index (κ1) is 15.6. The van der Waals surface area contributed by atoms with Gasteiger partial charge in [-0.05, 0) is 42.3 Å². The van der Waals surface area contributed by atoms with Gasteiger partial charge in [0.05, 0.1) is 30.3 Å². The monoisotopic (exact) mass is 339 g/mol. The van der Waals surface area contributed by atoms with Crippen molar-refractivity contribution >= 4 is 17.0 Å². The Kier molecular flexibility index (Phi) is 3.47. The molecule has 0 unspecified atom stereocenters. The van der Waals surface area contributed by atoms with Gasteiger partial charge in [0.2, 0.25) is 0 Å². The maximum Gasteiger partial charge on any atom is 0.312 e. The fraction of sp³-hybridized carbons (Fsp3) is 0.278. The molecule has 3 aromatic rings. The van der Waals surface area contributed by atoms with Crippen LogP contribution in [0.5, 0.6) is 5.75 Å². The molecule has 0 spiro atoms. The number of carboxylic acid groups (broad SMARTS) is 1. The molecule has 0 aliphatic heterocycles. The second-order valence-electron chi connectivity index (χ2n) is 6.29. The number of hydrogen-bond donors (Lipinski definition) is 2. The van der Waals surface area contributed by atoms with E-state index in [1.807, 2.05) is 36.4 Å². The van der Waals surface area contributed by atoms with Gasteiger partial charge in [-0.1, -0.05) is 17.3 Å². The van der Waals surface area contributed by atoms with Crippen molar-refractivity contribution in [3.63, 3.8) is 0 Å². The highest BCUT2D eigenvalue weighted by molar-refractivity contribution is 5.82. The Labute approximate surface area is 143 Å². The summed E-state index contributed by atoms with van der Waals surface area (Å²) in [6, 6.07) is 13.0. The quantitative estimate of drug-likeness (QED) is 0.738. The van der Waals surface area contributed by atoms with Crippen LogP contribution in [-0.2, 0) is 4.79 Å². The highest BCUT2D eigenvalue weighted by Crippen LogP contribution is 2.60. The van der Waals surface area contributed by atoms with Crippen LogP contribution in [0, 0.1) is 5.41 Å². The molecule has 128 valence electrons. The first-order valence-electron chi connectivity index (χ1n) is 7.94. The SMILES string of the molecule is COc1ccc(-n2nnc3ccccc32)c([C@@H]2C[C@@]2(CO)C(=O)O)c1. The number of fused-ring (bicyclic) bond motifs is 1. The second kappa shape index (κ2) is 5.56. The van der Waals surface area contributed by atoms with E-state index in [0.717, 1.165) is 22.3 Å². The normalized spacial score (nSPS) is 22.1. The van der Waals surface area contributed by atoms with Gasteiger partial charge in [0.25, 0.3) is 0 Å². The zero-order chi connectivity index (χ0) is 17.6. The molecule has 25 heavy (non-hydrogen) atoms. The van der Waals surface area contributed by atoms with Crippen LogP contribution >= 0.6 is 0 Å². The third-order valence-electron chi connectivity index (χ3n) is 4.97. The van der Waals surface area contributed by atoms with Crippen LogP contribution in [0.3, 0.4) is 0 Å². The highest BCUT2D eigenvalue weighted by Gasteiger charge is 2.61. The molecule has 0 bridgehead atoms. The fourth-order valence-electron chi connectivity index (χ4n) is 3.37. The first-order chi connectivity index (χ1) is 12.1. The lowest BCUT2D eigenvalue weighted by Crippen LogP contribution is -2.21. The molecule has 7 nitrogen and oxygen atoms in total. The highest BCUT2D eigenvalue weighted by atomic mass is 16.5. The number of ether oxygens (including phenoxy) is 1. The molecule has 1 saturated carbocycles. The van der Waals surface area contributed by atoms with E-state index in [1.54, 1.807) is 17.9 Å². The van der Waals surface area contributed by atoms with Crippen molar-refractivity contribution in [2.45, 2.75) is 12.3 Å². The molecule has 0 amide bonds. The van der Waals surface area contributed by atoms with E-state index >= 15 is 0 Å². The Morgan fingerprint density at radius 1 is 1.36 bits per heavy atom. The molecule has 1 heterocycles. The number of rotatable bonds is 5. The van der Waals surface area contributed by atoms with Gasteiger partial charge in [0, 0.05) is 5.92 Å². The van der Waals surface area contributed by atoms with Crippen LogP contribution in [0.25, 0.3) is 16.7 Å². The number of nitrogens with zero attached hydrogens (tertiary/aromatic N) is 3. The number of benzene rings is 2. The lowest BCUT2D eigenvalue weighted by atomic mass is 9.98. The summed E-state index contributed by atoms with van der Waals surface area (Å²) in [6.07, 6.45) is 0.381. The average Bonchev–Trinajstić information content (AvgIpc) is 3.26. The topological polar surface area (TPSA) is 97.5 Å². The molecule has 2 atom stereocenters. The standard InChI is InChI=1S/C18H17N3O4/c1-25-11-6-7-15(21-16-5-3-2-4-14(16)19-20-21)12(8-11)13-9-18(13,10-22)17(23)24/h2-8,13,22H,9-10H2,1H3,(H,23,24)/t13-,18-/m0/s1. The lowest BCUT2D eigenvalue weighted by molar-refractivity contribution is -0.145. The van der Waals surface area contributed by atoms with E-state index in [0.29, 0.717) is 12.2 Å². The van der Waals surface area contributed by atoms with Crippen molar-refractivity contribution in [2.24, 2.45) is 5.41 Å². The third kappa shape index (κ3) is 2.27. The number of carboxylic acids is 1. The van der Waals surface area contributed by atoms with Crippen molar-refractivity contribution in [1.29, 1.82) is 0 Å². The number of methoxy groups -OCH3 is 1. The van der Waals surface area contributed by atoms with Gasteiger partial charge in [-0.3, -0.25) is 4.79 Å². The number of aliphatic hydroxyl groups excluding tert-OH is 1. The summed E-state index contributed by atoms with van der Waals surface area (Å²) in [6.45, 7) is -0.401. The summed E-state index contributed by atoms with van der Waals surface area (Å²) in [7, 11) is 1.56. The minimum absolute atomic E-state index is 0.303. The van der Waals surface area contributed by atoms with Gasteiger partial charge in [-0.15, -0.1) is 5.10 Å². The molecule has 1 aliphatic carbocycles. The Balaban J connectivity index is 1.88. The molecular formula is C18H17N3O4. The van der Waals surface area contributed by atoms with Crippen LogP contribution in [0.2, 0.25) is 0 Å². The van der Waals surface area contributed by atoms with Crippen LogP contribution in [0.1, 0.15) is 17.9 Å². The van der Waals surface area contributed by atoms with Crippen LogP contribution in [0.4, 0.5) is 0 Å². The number of hydrogen-bond acceptors (Lipinski definition) is 5. The number of aromatic nitrogens is 3. The fourth-order valence-corrected chi connectivity index (χ4v) is 3.37. The Morgan fingerprint density at radius 2 is 2.16 bits per heavy atom. The average molecular weight is 339 g/mol. The molecule has 7 heteroatoms. The summed E-state index contributed by atoms with van der Waals surface area (Å²) in [5, 5.41) is 27.6. The summed E-state index contributed by atoms with van der Waals surface area (Å²) >= 11 is 0. The van der Waals surface area contributed by atoms with Crippen LogP contribution < -0.4 is 4.74 Å². The van der Waals surface area contributed by atoms with Gasteiger partial charge in [0.15, 0.2) is 0 Å². The minimum atomic E-state index is -1.14. The van der Waals surface area contributed by atoms with Crippen LogP contribution in [0.15, 0.2) is 42.5 Å². The van der Waals surface area contributed by atoms with E-state index in [2.05, 4.69) is 10.3 Å². The summed E-state index contributed by atoms with van der Waals surface area (Å²) in [5.41, 5.74) is 1.98. The second-order valence-corrected chi connectivity index (χ2v) is 6.29. The van der Waals surface area contributed by atoms with Crippen LogP contribution in [-0.4, -0.2) is 44.9 Å². The molecule has 0 radical (unpaired) electrons. The molecular weight excluding hydrogens is 322 g/mol. The van der Waals surface area contributed by atoms with E-state index in [9.17, 15) is 15.0 Å². The van der Waals surface area contributed by atoms with Gasteiger partial charge < -0.3 is 14.9 Å². The lowest BCUT2D eigenvalue weighted by Gasteiger charge is -2.14. The van der Waals surface area contributed by atoms with E-state index in [-0.39, 0.29) is 5.92 Å². The van der Waals surface area contributed by atoms with Gasteiger partial charge >= 0.3 is 5.97 Å². The minimum Gasteiger partial charge on any atom is -0.497 e. The summed E-state index contributed by atoms with van der Waals surface area (Å²) in [5.74, 6) is -0.660. The number of para-hydroxylation sites is 1. The predicted octanol–water partition coefficient (Wildman–Crippen LogP) is 1.98. The summed E-state index contributed by atoms with van der Waals surface area (Å²) in [4.78, 5) is 11.6. The molecule has 4 rings (SSSR count). The maximum atomic E-state index is 11.6. The molecule has 0 saturated heterocycles. The first-order valence-corrected chi connectivity index (χ1v) is 7.94. The van der Waals surface area contributed by atoms with E-state index in [4.69, 9.17) is 4.74 Å². The Bertz CT molecular complexity index is 968.